The third kappa shape index (κ3) is 6.43. The normalized spacial score (nSPS) is 15.1. The van der Waals surface area contributed by atoms with Crippen LogP contribution in [0, 0.1) is 25.6 Å². The molecule has 0 radical (unpaired) electrons. The predicted molar refractivity (Wildman–Crippen MR) is 165 cm³/mol. The number of methoxy groups -OCH3 is 1. The fourth-order valence-corrected chi connectivity index (χ4v) is 7.23. The first kappa shape index (κ1) is 30.6. The van der Waals surface area contributed by atoms with Gasteiger partial charge in [-0.25, -0.2) is 9.37 Å². The van der Waals surface area contributed by atoms with Crippen molar-refractivity contribution in [2.24, 2.45) is 5.92 Å². The molecule has 0 saturated carbocycles. The van der Waals surface area contributed by atoms with Crippen LogP contribution in [0.3, 0.4) is 0 Å². The highest BCUT2D eigenvalue weighted by molar-refractivity contribution is 8.00. The highest BCUT2D eigenvalue weighted by Gasteiger charge is 2.47. The van der Waals surface area contributed by atoms with Crippen LogP contribution in [0.15, 0.2) is 58.1 Å². The van der Waals surface area contributed by atoms with Gasteiger partial charge in [0.15, 0.2) is 21.6 Å². The maximum absolute atomic E-state index is 13.9. The highest BCUT2D eigenvalue weighted by Crippen LogP contribution is 2.46. The molecule has 9 nitrogen and oxygen atoms in total. The number of aryl methyl sites for hydroxylation is 2. The number of thioether (sulfide) groups is 1. The molecule has 1 unspecified atom stereocenters. The van der Waals surface area contributed by atoms with Gasteiger partial charge in [-0.3, -0.25) is 14.5 Å². The van der Waals surface area contributed by atoms with E-state index < -0.39 is 23.5 Å². The minimum atomic E-state index is -1.02. The predicted octanol–water partition coefficient (Wildman–Crippen LogP) is 6.87. The van der Waals surface area contributed by atoms with E-state index in [0.29, 0.717) is 49.3 Å². The molecule has 3 heterocycles. The number of anilines is 1. The van der Waals surface area contributed by atoms with Crippen LogP contribution < -0.4 is 14.4 Å². The van der Waals surface area contributed by atoms with E-state index in [2.05, 4.69) is 15.2 Å². The summed E-state index contributed by atoms with van der Waals surface area (Å²) in [5, 5.41) is 20.6. The van der Waals surface area contributed by atoms with Crippen LogP contribution in [0.4, 0.5) is 9.52 Å². The van der Waals surface area contributed by atoms with E-state index in [0.717, 1.165) is 16.9 Å². The number of rotatable bonds is 11. The summed E-state index contributed by atoms with van der Waals surface area (Å²) in [5.74, 6) is -0.497. The minimum absolute atomic E-state index is 0.0784. The van der Waals surface area contributed by atoms with E-state index in [-0.39, 0.29) is 22.4 Å². The fraction of sp³-hybridized carbons (Fsp3) is 0.300. The fourth-order valence-electron chi connectivity index (χ4n) is 4.53. The van der Waals surface area contributed by atoms with Crippen molar-refractivity contribution >= 4 is 51.3 Å². The standard InChI is InChI=1S/C30H29FN4O5S3/c1-15(2)13-40-21-11-8-19(12-22(21)39-5)24-23(25(36)27-16(3)32-17(4)42-27)26(37)28(38)35(24)29-33-34-30(43-29)41-14-18-6-9-20(31)10-7-18/h6-12,15,24,37H,13-14H2,1-5H3. The molecule has 4 aromatic rings. The lowest BCUT2D eigenvalue weighted by atomic mass is 9.95. The topological polar surface area (TPSA) is 115 Å². The van der Waals surface area contributed by atoms with Crippen molar-refractivity contribution in [2.45, 2.75) is 43.8 Å². The van der Waals surface area contributed by atoms with Gasteiger partial charge in [-0.15, -0.1) is 21.5 Å². The number of halogens is 1. The Morgan fingerprint density at radius 2 is 1.86 bits per heavy atom. The van der Waals surface area contributed by atoms with Crippen molar-refractivity contribution < 1.29 is 28.6 Å². The summed E-state index contributed by atoms with van der Waals surface area (Å²) in [5.41, 5.74) is 1.85. The van der Waals surface area contributed by atoms with Crippen molar-refractivity contribution in [1.82, 2.24) is 15.2 Å². The quantitative estimate of drug-likeness (QED) is 0.107. The number of aromatic nitrogens is 3. The second-order valence-electron chi connectivity index (χ2n) is 10.2. The van der Waals surface area contributed by atoms with Gasteiger partial charge in [0, 0.05) is 5.75 Å². The summed E-state index contributed by atoms with van der Waals surface area (Å²) < 4.78 is 25.4. The van der Waals surface area contributed by atoms with Gasteiger partial charge >= 0.3 is 0 Å². The summed E-state index contributed by atoms with van der Waals surface area (Å²) in [7, 11) is 1.51. The van der Waals surface area contributed by atoms with Gasteiger partial charge in [-0.2, -0.15) is 0 Å². The number of aliphatic hydroxyl groups excluding tert-OH is 1. The number of Topliss-reactive ketones (excluding diaryl/α,β-unsaturated/α-hetero) is 1. The third-order valence-corrected chi connectivity index (χ3v) is 9.71. The summed E-state index contributed by atoms with van der Waals surface area (Å²) in [4.78, 5) is 33.6. The average molecular weight is 641 g/mol. The van der Waals surface area contributed by atoms with Crippen molar-refractivity contribution in [3.63, 3.8) is 0 Å². The molecule has 224 valence electrons. The molecule has 43 heavy (non-hydrogen) atoms. The van der Waals surface area contributed by atoms with Crippen molar-refractivity contribution in [3.05, 3.63) is 86.3 Å². The monoisotopic (exact) mass is 640 g/mol. The lowest BCUT2D eigenvalue weighted by Crippen LogP contribution is -2.31. The lowest BCUT2D eigenvalue weighted by molar-refractivity contribution is -0.117. The summed E-state index contributed by atoms with van der Waals surface area (Å²) in [6.45, 7) is 8.05. The number of amides is 1. The average Bonchev–Trinajstić information content (AvgIpc) is 3.66. The van der Waals surface area contributed by atoms with Crippen LogP contribution in [0.1, 0.15) is 51.4 Å². The zero-order valence-electron chi connectivity index (χ0n) is 24.1. The SMILES string of the molecule is COc1cc(C2C(C(=O)c3sc(C)nc3C)=C(O)C(=O)N2c2nnc(SCc3ccc(F)cc3)s2)ccc1OCC(C)C. The minimum Gasteiger partial charge on any atom is -0.503 e. The van der Waals surface area contributed by atoms with Crippen molar-refractivity contribution in [3.8, 4) is 11.5 Å². The Morgan fingerprint density at radius 3 is 2.51 bits per heavy atom. The molecule has 2 aromatic heterocycles. The van der Waals surface area contributed by atoms with Gasteiger partial charge in [0.25, 0.3) is 5.91 Å². The van der Waals surface area contributed by atoms with Crippen LogP contribution in [0.25, 0.3) is 0 Å². The molecular weight excluding hydrogens is 612 g/mol. The van der Waals surface area contributed by atoms with Gasteiger partial charge in [0.2, 0.25) is 10.9 Å². The molecule has 1 atom stereocenters. The van der Waals surface area contributed by atoms with Crippen molar-refractivity contribution in [2.75, 3.05) is 18.6 Å². The number of hydrogen-bond donors (Lipinski definition) is 1. The molecule has 1 aliphatic rings. The van der Waals surface area contributed by atoms with Crippen LogP contribution in [-0.4, -0.2) is 45.7 Å². The Kier molecular flexibility index (Phi) is 9.13. The van der Waals surface area contributed by atoms with Gasteiger partial charge in [-0.1, -0.05) is 55.1 Å². The molecule has 0 spiro atoms. The molecule has 1 N–H and O–H groups in total. The molecule has 2 aromatic carbocycles. The van der Waals surface area contributed by atoms with Gasteiger partial charge < -0.3 is 14.6 Å². The molecule has 0 fully saturated rings. The number of thiazole rings is 1. The first-order valence-electron chi connectivity index (χ1n) is 13.3. The van der Waals surface area contributed by atoms with Crippen LogP contribution >= 0.6 is 34.4 Å². The molecule has 0 bridgehead atoms. The first-order valence-corrected chi connectivity index (χ1v) is 16.0. The molecule has 5 rings (SSSR count). The largest absolute Gasteiger partial charge is 0.503 e. The second-order valence-corrected chi connectivity index (χ2v) is 13.6. The van der Waals surface area contributed by atoms with E-state index in [1.165, 1.54) is 47.2 Å². The Balaban J connectivity index is 1.53. The molecule has 0 saturated heterocycles. The Labute approximate surface area is 260 Å². The number of benzene rings is 2. The number of hydrogen-bond acceptors (Lipinski definition) is 11. The Bertz CT molecular complexity index is 1700. The number of ether oxygens (including phenoxy) is 2. The molecule has 13 heteroatoms. The number of ketones is 1. The molecule has 0 aliphatic carbocycles. The van der Waals surface area contributed by atoms with Gasteiger partial charge in [-0.05, 0) is 55.2 Å². The lowest BCUT2D eigenvalue weighted by Gasteiger charge is -2.25. The van der Waals surface area contributed by atoms with Gasteiger partial charge in [0.05, 0.1) is 40.9 Å². The van der Waals surface area contributed by atoms with Gasteiger partial charge in [0.1, 0.15) is 5.82 Å². The van der Waals surface area contributed by atoms with E-state index in [4.69, 9.17) is 9.47 Å². The number of aliphatic hydroxyl groups is 1. The maximum Gasteiger partial charge on any atom is 0.296 e. The Morgan fingerprint density at radius 1 is 1.12 bits per heavy atom. The Hall–Kier alpha value is -3.81. The van der Waals surface area contributed by atoms with Crippen LogP contribution in [0.2, 0.25) is 0 Å². The van der Waals surface area contributed by atoms with Crippen LogP contribution in [0.5, 0.6) is 11.5 Å². The zero-order chi connectivity index (χ0) is 30.8. The zero-order valence-corrected chi connectivity index (χ0v) is 26.5. The molecule has 1 aliphatic heterocycles. The van der Waals surface area contributed by atoms with Crippen LogP contribution in [-0.2, 0) is 10.5 Å². The summed E-state index contributed by atoms with van der Waals surface area (Å²) in [6, 6.07) is 10.3. The van der Waals surface area contributed by atoms with E-state index in [9.17, 15) is 19.1 Å². The number of nitrogens with zero attached hydrogens (tertiary/aromatic N) is 4. The van der Waals surface area contributed by atoms with Crippen molar-refractivity contribution in [1.29, 1.82) is 0 Å². The number of carbonyl (C=O) groups excluding carboxylic acids is 2. The first-order chi connectivity index (χ1) is 20.6. The summed E-state index contributed by atoms with van der Waals surface area (Å²) in [6.07, 6.45) is 0. The maximum atomic E-state index is 13.9. The highest BCUT2D eigenvalue weighted by atomic mass is 32.2. The van der Waals surface area contributed by atoms with E-state index >= 15 is 0 Å². The third-order valence-electron chi connectivity index (χ3n) is 6.52. The number of carbonyl (C=O) groups is 2. The van der Waals surface area contributed by atoms with E-state index in [1.54, 1.807) is 44.2 Å². The second kappa shape index (κ2) is 12.8. The molecule has 1 amide bonds. The van der Waals surface area contributed by atoms with E-state index in [1.807, 2.05) is 13.8 Å². The molecular formula is C30H29FN4O5S3. The smallest absolute Gasteiger partial charge is 0.296 e. The summed E-state index contributed by atoms with van der Waals surface area (Å²) >= 11 is 3.74.